The lowest BCUT2D eigenvalue weighted by Gasteiger charge is -2.25. The number of nitrogens with one attached hydrogen (secondary N) is 1. The van der Waals surface area contributed by atoms with Gasteiger partial charge in [-0.3, -0.25) is 5.10 Å². The second kappa shape index (κ2) is 3.86. The van der Waals surface area contributed by atoms with Crippen molar-refractivity contribution in [3.05, 3.63) is 28.9 Å². The first-order chi connectivity index (χ1) is 8.85. The fraction of sp³-hybridized carbons (Fsp3) is 0.417. The Labute approximate surface area is 111 Å². The molecule has 7 heteroatoms. The van der Waals surface area contributed by atoms with Crippen LogP contribution >= 0.6 is 11.6 Å². The first kappa shape index (κ1) is 12.7. The maximum absolute atomic E-state index is 13.0. The van der Waals surface area contributed by atoms with Crippen LogP contribution in [0.15, 0.2) is 18.3 Å². The number of hydrogen-bond acceptors (Lipinski definition) is 2. The van der Waals surface area contributed by atoms with Crippen LogP contribution in [0.2, 0.25) is 5.02 Å². The molecule has 1 aliphatic carbocycles. The smallest absolute Gasteiger partial charge is 0.387 e. The first-order valence-corrected chi connectivity index (χ1v) is 6.10. The predicted molar refractivity (Wildman–Crippen MR) is 63.8 cm³/mol. The van der Waals surface area contributed by atoms with Crippen molar-refractivity contribution < 1.29 is 18.3 Å². The van der Waals surface area contributed by atoms with Crippen LogP contribution in [0.3, 0.4) is 0 Å². The molecule has 0 bridgehead atoms. The van der Waals surface area contributed by atoms with E-state index in [4.69, 9.17) is 11.6 Å². The Bertz CT molecular complexity index is 633. The minimum absolute atomic E-state index is 0.0696. The molecule has 1 atom stereocenters. The van der Waals surface area contributed by atoms with Gasteiger partial charge in [-0.1, -0.05) is 11.6 Å². The summed E-state index contributed by atoms with van der Waals surface area (Å²) in [4.78, 5) is 0. The Morgan fingerprint density at radius 1 is 1.37 bits per heavy atom. The molecule has 102 valence electrons. The number of benzene rings is 1. The van der Waals surface area contributed by atoms with Gasteiger partial charge in [0, 0.05) is 16.0 Å². The number of aromatic amines is 1. The van der Waals surface area contributed by atoms with Crippen molar-refractivity contribution in [2.45, 2.75) is 25.1 Å². The van der Waals surface area contributed by atoms with Crippen molar-refractivity contribution >= 4 is 22.5 Å². The second-order valence-corrected chi connectivity index (χ2v) is 5.32. The highest BCUT2D eigenvalue weighted by Gasteiger charge is 2.67. The number of halogens is 4. The van der Waals surface area contributed by atoms with Crippen LogP contribution in [0.1, 0.15) is 24.5 Å². The third kappa shape index (κ3) is 1.81. The molecule has 1 aromatic heterocycles. The summed E-state index contributed by atoms with van der Waals surface area (Å²) >= 11 is 5.88. The van der Waals surface area contributed by atoms with Crippen LogP contribution in [-0.2, 0) is 0 Å². The number of alkyl halides is 3. The van der Waals surface area contributed by atoms with Gasteiger partial charge in [-0.2, -0.15) is 18.3 Å². The average Bonchev–Trinajstić information content (AvgIpc) is 3.01. The molecule has 1 saturated carbocycles. The van der Waals surface area contributed by atoms with Crippen LogP contribution in [0.4, 0.5) is 13.2 Å². The maximum Gasteiger partial charge on any atom is 0.397 e. The molecule has 2 N–H and O–H groups in total. The van der Waals surface area contributed by atoms with Gasteiger partial charge in [0.15, 0.2) is 0 Å². The topological polar surface area (TPSA) is 48.9 Å². The van der Waals surface area contributed by atoms with E-state index in [2.05, 4.69) is 10.2 Å². The first-order valence-electron chi connectivity index (χ1n) is 5.72. The highest BCUT2D eigenvalue weighted by molar-refractivity contribution is 6.31. The largest absolute Gasteiger partial charge is 0.397 e. The van der Waals surface area contributed by atoms with Gasteiger partial charge in [0.05, 0.1) is 23.2 Å². The minimum Gasteiger partial charge on any atom is -0.387 e. The number of aliphatic hydroxyl groups excluding tert-OH is 1. The zero-order chi connectivity index (χ0) is 13.8. The van der Waals surface area contributed by atoms with Gasteiger partial charge in [0.2, 0.25) is 0 Å². The Balaban J connectivity index is 2.12. The number of rotatable bonds is 2. The van der Waals surface area contributed by atoms with Crippen LogP contribution in [0.5, 0.6) is 0 Å². The maximum atomic E-state index is 13.0. The predicted octanol–water partition coefficient (Wildman–Crippen LogP) is 3.59. The van der Waals surface area contributed by atoms with Crippen molar-refractivity contribution in [1.82, 2.24) is 10.2 Å². The summed E-state index contributed by atoms with van der Waals surface area (Å²) < 4.78 is 39.1. The number of hydrogen-bond donors (Lipinski definition) is 2. The second-order valence-electron chi connectivity index (χ2n) is 4.89. The lowest BCUT2D eigenvalue weighted by Crippen LogP contribution is -2.31. The SMILES string of the molecule is OC(c1cc(Cl)cc2cn[nH]c12)C1(C(F)(F)F)CC1. The molecule has 1 heterocycles. The lowest BCUT2D eigenvalue weighted by atomic mass is 9.91. The summed E-state index contributed by atoms with van der Waals surface area (Å²) in [5.41, 5.74) is -1.50. The number of fused-ring (bicyclic) bond motifs is 1. The van der Waals surface area contributed by atoms with E-state index < -0.39 is 17.7 Å². The molecule has 1 aromatic carbocycles. The van der Waals surface area contributed by atoms with Gasteiger partial charge in [-0.05, 0) is 25.0 Å². The molecule has 0 spiro atoms. The molecule has 3 nitrogen and oxygen atoms in total. The summed E-state index contributed by atoms with van der Waals surface area (Å²) in [7, 11) is 0. The van der Waals surface area contributed by atoms with E-state index in [0.29, 0.717) is 10.9 Å². The molecule has 1 fully saturated rings. The van der Waals surface area contributed by atoms with Gasteiger partial charge < -0.3 is 5.11 Å². The summed E-state index contributed by atoms with van der Waals surface area (Å²) in [5, 5.41) is 17.4. The summed E-state index contributed by atoms with van der Waals surface area (Å²) in [6.45, 7) is 0. The number of H-pyrrole nitrogens is 1. The normalized spacial score (nSPS) is 19.6. The lowest BCUT2D eigenvalue weighted by molar-refractivity contribution is -0.215. The van der Waals surface area contributed by atoms with E-state index >= 15 is 0 Å². The quantitative estimate of drug-likeness (QED) is 0.888. The molecule has 2 aromatic rings. The number of aliphatic hydroxyl groups is 1. The van der Waals surface area contributed by atoms with Crippen molar-refractivity contribution in [3.63, 3.8) is 0 Å². The molecular weight excluding hydrogens is 281 g/mol. The van der Waals surface area contributed by atoms with Gasteiger partial charge in [-0.15, -0.1) is 0 Å². The van der Waals surface area contributed by atoms with Gasteiger partial charge in [-0.25, -0.2) is 0 Å². The molecule has 0 saturated heterocycles. The van der Waals surface area contributed by atoms with E-state index in [1.54, 1.807) is 6.07 Å². The Morgan fingerprint density at radius 3 is 2.63 bits per heavy atom. The van der Waals surface area contributed by atoms with Crippen LogP contribution in [-0.4, -0.2) is 21.5 Å². The zero-order valence-corrected chi connectivity index (χ0v) is 10.4. The summed E-state index contributed by atoms with van der Waals surface area (Å²) in [6.07, 6.45) is -4.74. The van der Waals surface area contributed by atoms with E-state index in [0.717, 1.165) is 0 Å². The minimum atomic E-state index is -4.43. The summed E-state index contributed by atoms with van der Waals surface area (Å²) in [5.74, 6) is 0. The molecule has 0 aliphatic heterocycles. The van der Waals surface area contributed by atoms with E-state index in [1.807, 2.05) is 0 Å². The molecule has 1 aliphatic rings. The Morgan fingerprint density at radius 2 is 2.05 bits per heavy atom. The Kier molecular flexibility index (Phi) is 2.59. The van der Waals surface area contributed by atoms with Crippen molar-refractivity contribution in [2.24, 2.45) is 5.41 Å². The summed E-state index contributed by atoms with van der Waals surface area (Å²) in [6, 6.07) is 2.95. The number of nitrogens with zero attached hydrogens (tertiary/aromatic N) is 1. The molecular formula is C12H10ClF3N2O. The van der Waals surface area contributed by atoms with Gasteiger partial charge >= 0.3 is 6.18 Å². The molecule has 0 radical (unpaired) electrons. The molecule has 1 unspecified atom stereocenters. The van der Waals surface area contributed by atoms with Crippen LogP contribution < -0.4 is 0 Å². The third-order valence-electron chi connectivity index (χ3n) is 3.72. The van der Waals surface area contributed by atoms with E-state index in [1.165, 1.54) is 12.3 Å². The third-order valence-corrected chi connectivity index (χ3v) is 3.93. The van der Waals surface area contributed by atoms with Crippen molar-refractivity contribution in [3.8, 4) is 0 Å². The highest BCUT2D eigenvalue weighted by Crippen LogP contribution is 2.64. The molecule has 0 amide bonds. The number of aromatic nitrogens is 2. The average molecular weight is 291 g/mol. The standard InChI is InChI=1S/C12H10ClF3N2O/c13-7-3-6-5-17-18-9(6)8(4-7)10(19)11(1-2-11)12(14,15)16/h3-5,10,19H,1-2H2,(H,17,18). The van der Waals surface area contributed by atoms with E-state index in [-0.39, 0.29) is 23.4 Å². The fourth-order valence-corrected chi connectivity index (χ4v) is 2.64. The van der Waals surface area contributed by atoms with Crippen LogP contribution in [0.25, 0.3) is 10.9 Å². The van der Waals surface area contributed by atoms with Gasteiger partial charge in [0.25, 0.3) is 0 Å². The van der Waals surface area contributed by atoms with E-state index in [9.17, 15) is 18.3 Å². The molecule has 3 rings (SSSR count). The zero-order valence-electron chi connectivity index (χ0n) is 9.63. The van der Waals surface area contributed by atoms with Crippen molar-refractivity contribution in [1.29, 1.82) is 0 Å². The monoisotopic (exact) mass is 290 g/mol. The van der Waals surface area contributed by atoms with Crippen LogP contribution in [0, 0.1) is 5.41 Å². The Hall–Kier alpha value is -1.27. The van der Waals surface area contributed by atoms with Gasteiger partial charge in [0.1, 0.15) is 0 Å². The fourth-order valence-electron chi connectivity index (χ4n) is 2.41. The highest BCUT2D eigenvalue weighted by atomic mass is 35.5. The molecule has 19 heavy (non-hydrogen) atoms. The van der Waals surface area contributed by atoms with Crippen molar-refractivity contribution in [2.75, 3.05) is 0 Å².